The van der Waals surface area contributed by atoms with E-state index in [2.05, 4.69) is 5.32 Å². The van der Waals surface area contributed by atoms with E-state index in [9.17, 15) is 22.4 Å². The fraction of sp³-hybridized carbons (Fsp3) is 0.440. The minimum absolute atomic E-state index is 0.0127. The molecule has 2 rings (SSSR count). The van der Waals surface area contributed by atoms with E-state index < -0.39 is 34.3 Å². The zero-order valence-electron chi connectivity index (χ0n) is 20.7. The van der Waals surface area contributed by atoms with Crippen LogP contribution in [0.1, 0.15) is 38.3 Å². The second kappa shape index (κ2) is 12.4. The molecule has 0 aliphatic carbocycles. The third-order valence-electron chi connectivity index (χ3n) is 5.52. The maximum atomic E-state index is 13.6. The van der Waals surface area contributed by atoms with Crippen LogP contribution in [-0.2, 0) is 26.2 Å². The first-order valence-corrected chi connectivity index (χ1v) is 13.6. The van der Waals surface area contributed by atoms with E-state index in [1.807, 2.05) is 13.8 Å². The van der Waals surface area contributed by atoms with Gasteiger partial charge in [0.25, 0.3) is 0 Å². The maximum Gasteiger partial charge on any atom is 0.244 e. The van der Waals surface area contributed by atoms with Gasteiger partial charge in [-0.1, -0.05) is 50.6 Å². The van der Waals surface area contributed by atoms with Gasteiger partial charge in [-0.15, -0.1) is 0 Å². The second-order valence-electron chi connectivity index (χ2n) is 8.86. The van der Waals surface area contributed by atoms with Gasteiger partial charge in [0.1, 0.15) is 18.4 Å². The quantitative estimate of drug-likeness (QED) is 0.478. The Morgan fingerprint density at radius 3 is 2.29 bits per heavy atom. The van der Waals surface area contributed by atoms with Crippen molar-refractivity contribution in [1.82, 2.24) is 10.2 Å². The predicted octanol–water partition coefficient (Wildman–Crippen LogP) is 4.13. The fourth-order valence-electron chi connectivity index (χ4n) is 3.59. The normalized spacial score (nSPS) is 12.3. The summed E-state index contributed by atoms with van der Waals surface area (Å²) in [6, 6.07) is 9.59. The molecule has 0 radical (unpaired) electrons. The molecule has 1 atom stereocenters. The number of hydrogen-bond acceptors (Lipinski definition) is 4. The number of rotatable bonds is 11. The molecule has 0 saturated heterocycles. The van der Waals surface area contributed by atoms with Gasteiger partial charge in [0.05, 0.1) is 11.9 Å². The summed E-state index contributed by atoms with van der Waals surface area (Å²) < 4.78 is 39.8. The van der Waals surface area contributed by atoms with E-state index in [0.717, 1.165) is 10.6 Å². The summed E-state index contributed by atoms with van der Waals surface area (Å²) in [5.74, 6) is -1.11. The molecule has 0 aliphatic rings. The van der Waals surface area contributed by atoms with Crippen LogP contribution in [0.3, 0.4) is 0 Å². The molecule has 0 heterocycles. The van der Waals surface area contributed by atoms with Crippen molar-refractivity contribution in [2.45, 2.75) is 46.7 Å². The monoisotopic (exact) mass is 525 g/mol. The molecule has 0 bridgehead atoms. The van der Waals surface area contributed by atoms with Gasteiger partial charge >= 0.3 is 0 Å². The lowest BCUT2D eigenvalue weighted by Crippen LogP contribution is -2.52. The van der Waals surface area contributed by atoms with Crippen LogP contribution in [0, 0.1) is 18.7 Å². The molecule has 0 unspecified atom stereocenters. The summed E-state index contributed by atoms with van der Waals surface area (Å²) >= 11 is 6.20. The van der Waals surface area contributed by atoms with Gasteiger partial charge < -0.3 is 10.2 Å². The number of anilines is 1. The summed E-state index contributed by atoms with van der Waals surface area (Å²) in [6.07, 6.45) is 1.32. The van der Waals surface area contributed by atoms with E-state index in [-0.39, 0.29) is 24.1 Å². The van der Waals surface area contributed by atoms with Crippen molar-refractivity contribution < 1.29 is 22.4 Å². The average molecular weight is 526 g/mol. The highest BCUT2D eigenvalue weighted by Gasteiger charge is 2.32. The minimum Gasteiger partial charge on any atom is -0.354 e. The molecular weight excluding hydrogens is 493 g/mol. The van der Waals surface area contributed by atoms with Crippen LogP contribution in [0.2, 0.25) is 5.02 Å². The van der Waals surface area contributed by atoms with Crippen LogP contribution in [-0.4, -0.2) is 50.5 Å². The van der Waals surface area contributed by atoms with Crippen molar-refractivity contribution in [3.63, 3.8) is 0 Å². The summed E-state index contributed by atoms with van der Waals surface area (Å²) in [5, 5.41) is 3.22. The summed E-state index contributed by atoms with van der Waals surface area (Å²) in [6.45, 7) is 7.30. The lowest BCUT2D eigenvalue weighted by atomic mass is 10.1. The zero-order valence-corrected chi connectivity index (χ0v) is 22.3. The molecule has 2 amide bonds. The number of nitrogens with zero attached hydrogens (tertiary/aromatic N) is 2. The number of hydrogen-bond donors (Lipinski definition) is 1. The van der Waals surface area contributed by atoms with Crippen molar-refractivity contribution in [2.75, 3.05) is 23.7 Å². The number of carbonyl (C=O) groups excluding carboxylic acids is 2. The molecule has 2 aromatic rings. The number of benzene rings is 2. The Labute approximate surface area is 212 Å². The lowest BCUT2D eigenvalue weighted by Gasteiger charge is -2.33. The second-order valence-corrected chi connectivity index (χ2v) is 11.2. The van der Waals surface area contributed by atoms with Crippen molar-refractivity contribution in [3.8, 4) is 0 Å². The van der Waals surface area contributed by atoms with Crippen LogP contribution in [0.4, 0.5) is 10.1 Å². The molecule has 1 N–H and O–H groups in total. The predicted molar refractivity (Wildman–Crippen MR) is 137 cm³/mol. The Hall–Kier alpha value is -2.65. The first kappa shape index (κ1) is 28.6. The van der Waals surface area contributed by atoms with Crippen LogP contribution in [0.5, 0.6) is 0 Å². The Balaban J connectivity index is 2.45. The van der Waals surface area contributed by atoms with Gasteiger partial charge in [0.2, 0.25) is 21.8 Å². The van der Waals surface area contributed by atoms with Crippen molar-refractivity contribution in [3.05, 3.63) is 64.4 Å². The van der Waals surface area contributed by atoms with E-state index >= 15 is 0 Å². The largest absolute Gasteiger partial charge is 0.354 e. The molecular formula is C25H33ClFN3O4S. The third-order valence-corrected chi connectivity index (χ3v) is 7.06. The lowest BCUT2D eigenvalue weighted by molar-refractivity contribution is -0.140. The summed E-state index contributed by atoms with van der Waals surface area (Å²) in [7, 11) is -3.86. The number of amides is 2. The third kappa shape index (κ3) is 7.93. The Morgan fingerprint density at radius 2 is 1.74 bits per heavy atom. The smallest absolute Gasteiger partial charge is 0.244 e. The molecule has 0 saturated carbocycles. The highest BCUT2D eigenvalue weighted by atomic mass is 35.5. The van der Waals surface area contributed by atoms with Crippen LogP contribution in [0.15, 0.2) is 42.5 Å². The topological polar surface area (TPSA) is 86.8 Å². The van der Waals surface area contributed by atoms with Crippen LogP contribution < -0.4 is 9.62 Å². The first-order valence-electron chi connectivity index (χ1n) is 11.4. The molecule has 192 valence electrons. The SMILES string of the molecule is CC[C@H](C(=O)NCC(C)C)N(Cc1ccc(F)cc1)C(=O)CN(c1cccc(Cl)c1C)S(C)(=O)=O. The molecule has 0 spiro atoms. The first-order chi connectivity index (χ1) is 16.3. The Bertz CT molecular complexity index is 1140. The number of carbonyl (C=O) groups is 2. The number of halogens is 2. The standard InChI is InChI=1S/C25H33ClFN3O4S/c1-6-22(25(32)28-14-17(2)3)29(15-19-10-12-20(27)13-11-19)24(31)16-30(35(5,33)34)23-9-7-8-21(26)18(23)4/h7-13,17,22H,6,14-16H2,1-5H3,(H,28,32)/t22-/m1/s1. The van der Waals surface area contributed by atoms with Crippen molar-refractivity contribution in [1.29, 1.82) is 0 Å². The number of nitrogens with one attached hydrogen (secondary N) is 1. The van der Waals surface area contributed by atoms with E-state index in [4.69, 9.17) is 11.6 Å². The summed E-state index contributed by atoms with van der Waals surface area (Å²) in [4.78, 5) is 28.0. The van der Waals surface area contributed by atoms with Gasteiger partial charge in [0.15, 0.2) is 0 Å². The fourth-order valence-corrected chi connectivity index (χ4v) is 4.66. The maximum absolute atomic E-state index is 13.6. The zero-order chi connectivity index (χ0) is 26.3. The highest BCUT2D eigenvalue weighted by Crippen LogP contribution is 2.28. The molecule has 10 heteroatoms. The van der Waals surface area contributed by atoms with Gasteiger partial charge in [-0.05, 0) is 54.7 Å². The van der Waals surface area contributed by atoms with Gasteiger partial charge in [0, 0.05) is 18.1 Å². The molecule has 0 aliphatic heterocycles. The Kier molecular flexibility index (Phi) is 10.1. The van der Waals surface area contributed by atoms with E-state index in [1.165, 1.54) is 29.2 Å². The summed E-state index contributed by atoms with van der Waals surface area (Å²) in [5.41, 5.74) is 1.41. The van der Waals surface area contributed by atoms with Gasteiger partial charge in [-0.2, -0.15) is 0 Å². The van der Waals surface area contributed by atoms with Crippen LogP contribution in [0.25, 0.3) is 0 Å². The van der Waals surface area contributed by atoms with Crippen LogP contribution >= 0.6 is 11.6 Å². The van der Waals surface area contributed by atoms with E-state index in [1.54, 1.807) is 32.0 Å². The molecule has 0 fully saturated rings. The molecule has 7 nitrogen and oxygen atoms in total. The van der Waals surface area contributed by atoms with Crippen molar-refractivity contribution in [2.24, 2.45) is 5.92 Å². The van der Waals surface area contributed by atoms with Gasteiger partial charge in [-0.3, -0.25) is 13.9 Å². The van der Waals surface area contributed by atoms with Gasteiger partial charge in [-0.25, -0.2) is 12.8 Å². The molecule has 0 aromatic heterocycles. The number of sulfonamides is 1. The average Bonchev–Trinajstić information content (AvgIpc) is 2.78. The highest BCUT2D eigenvalue weighted by molar-refractivity contribution is 7.92. The van der Waals surface area contributed by atoms with E-state index in [0.29, 0.717) is 29.1 Å². The minimum atomic E-state index is -3.86. The molecule has 35 heavy (non-hydrogen) atoms. The molecule has 2 aromatic carbocycles. The van der Waals surface area contributed by atoms with Crippen molar-refractivity contribution >= 4 is 39.1 Å². The Morgan fingerprint density at radius 1 is 1.11 bits per heavy atom.